The molecule has 390 valence electrons. The number of phenols is 3. The number of anilines is 3. The average Bonchev–Trinajstić information content (AvgIpc) is 3.70. The van der Waals surface area contributed by atoms with Gasteiger partial charge in [-0.2, -0.15) is 0 Å². The van der Waals surface area contributed by atoms with Crippen LogP contribution in [-0.2, 0) is 32.5 Å². The lowest BCUT2D eigenvalue weighted by molar-refractivity contribution is 0.438. The molecule has 0 aliphatic carbocycles. The Bertz CT molecular complexity index is 3000. The van der Waals surface area contributed by atoms with E-state index in [2.05, 4.69) is 142 Å². The fraction of sp³-hybridized carbons (Fsp3) is 0.400. The molecule has 9 N–H and O–H groups in total. The second-order valence-corrected chi connectivity index (χ2v) is 24.6. The summed E-state index contributed by atoms with van der Waals surface area (Å²) in [6.45, 7) is 37.7. The summed E-state index contributed by atoms with van der Waals surface area (Å²) >= 11 is 0. The molecule has 0 spiro atoms. The third kappa shape index (κ3) is 15.4. The van der Waals surface area contributed by atoms with Crippen LogP contribution in [0.1, 0.15) is 158 Å². The second-order valence-electron chi connectivity index (χ2n) is 24.6. The molecule has 6 aromatic carbocycles. The summed E-state index contributed by atoms with van der Waals surface area (Å²) in [5, 5.41) is 52.1. The van der Waals surface area contributed by atoms with Crippen molar-refractivity contribution in [3.8, 4) is 22.9 Å². The molecule has 0 amide bonds. The van der Waals surface area contributed by atoms with Gasteiger partial charge in [-0.3, -0.25) is 0 Å². The van der Waals surface area contributed by atoms with Crippen molar-refractivity contribution in [3.05, 3.63) is 147 Å². The van der Waals surface area contributed by atoms with E-state index in [1.807, 2.05) is 87.5 Å². The molecule has 1 heterocycles. The lowest BCUT2D eigenvalue weighted by atomic mass is 9.80. The van der Waals surface area contributed by atoms with Crippen molar-refractivity contribution < 1.29 is 15.3 Å². The molecule has 13 nitrogen and oxygen atoms in total. The smallest absolute Gasteiger partial charge is 0.150 e. The van der Waals surface area contributed by atoms with Crippen LogP contribution < -0.4 is 17.2 Å². The first-order chi connectivity index (χ1) is 33.4. The minimum absolute atomic E-state index is 0.000463. The Morgan fingerprint density at radius 2 is 0.726 bits per heavy atom. The number of hydrogen-bond donors (Lipinski definition) is 6. The van der Waals surface area contributed by atoms with Crippen LogP contribution in [0.3, 0.4) is 0 Å². The number of nitrogens with zero attached hydrogens (tertiary/aromatic N) is 6. The van der Waals surface area contributed by atoms with Gasteiger partial charge in [0, 0.05) is 16.7 Å². The van der Waals surface area contributed by atoms with Crippen LogP contribution in [0.4, 0.5) is 34.1 Å². The third-order valence-corrected chi connectivity index (χ3v) is 12.1. The second kappa shape index (κ2) is 22.2. The summed E-state index contributed by atoms with van der Waals surface area (Å²) in [4.78, 5) is 12.3. The monoisotopic (exact) mass is 992 g/mol. The molecular weight excluding hydrogens is 911 g/mol. The fourth-order valence-electron chi connectivity index (χ4n) is 7.33. The maximum atomic E-state index is 10.9. The predicted octanol–water partition coefficient (Wildman–Crippen LogP) is 15.9. The number of aromatic hydroxyl groups is 3. The van der Waals surface area contributed by atoms with E-state index in [0.29, 0.717) is 34.1 Å². The first-order valence-electron chi connectivity index (χ1n) is 24.6. The molecule has 7 rings (SSSR count). The highest BCUT2D eigenvalue weighted by molar-refractivity contribution is 5.74. The first kappa shape index (κ1) is 58.3. The Balaban J connectivity index is 0.000000223. The lowest BCUT2D eigenvalue weighted by Crippen LogP contribution is -2.18. The number of nitrogens with two attached hydrogens (primary N) is 3. The largest absolute Gasteiger partial charge is 0.505 e. The molecule has 0 bridgehead atoms. The summed E-state index contributed by atoms with van der Waals surface area (Å²) in [6.07, 6.45) is 0. The van der Waals surface area contributed by atoms with Gasteiger partial charge in [-0.1, -0.05) is 179 Å². The van der Waals surface area contributed by atoms with Crippen molar-refractivity contribution in [1.82, 2.24) is 15.0 Å². The van der Waals surface area contributed by atoms with Gasteiger partial charge in [0.15, 0.2) is 0 Å². The molecule has 0 radical (unpaired) electrons. The summed E-state index contributed by atoms with van der Waals surface area (Å²) < 4.78 is 0. The van der Waals surface area contributed by atoms with Crippen LogP contribution in [-0.4, -0.2) is 30.3 Å². The Morgan fingerprint density at radius 3 is 1.10 bits per heavy atom. The normalized spacial score (nSPS) is 12.3. The van der Waals surface area contributed by atoms with Gasteiger partial charge in [0.1, 0.15) is 51.0 Å². The Labute approximate surface area is 434 Å². The zero-order chi connectivity index (χ0) is 55.2. The SMILES string of the molecule is CC(C)(C)c1cc(-n2nc3ccccc3n2)c(O)c(C(C)(C)C)c1.CC(C)(C)c1cc(N=Nc2ccccc2N)c(O)c(C(C)(C)C)c1.CC(C)(C)c1cc(N=O)c(O)c(C(C)(C)C)c1.Nc1ccccc1N. The maximum absolute atomic E-state index is 10.9. The number of rotatable bonds is 4. The molecule has 0 saturated carbocycles. The Morgan fingerprint density at radius 1 is 0.397 bits per heavy atom. The Kier molecular flexibility index (Phi) is 17.8. The number of fused-ring (bicyclic) bond motifs is 1. The van der Waals surface area contributed by atoms with E-state index in [1.165, 1.54) is 0 Å². The van der Waals surface area contributed by atoms with Gasteiger partial charge in [0.05, 0.1) is 17.1 Å². The van der Waals surface area contributed by atoms with Gasteiger partial charge in [-0.25, -0.2) is 0 Å². The number of nitroso groups, excluding NO2 is 1. The number of azo groups is 1. The number of hydrogen-bond acceptors (Lipinski definition) is 12. The zero-order valence-electron chi connectivity index (χ0n) is 46.6. The van der Waals surface area contributed by atoms with Crippen molar-refractivity contribution in [2.75, 3.05) is 17.2 Å². The standard InChI is InChI=1S/C20H25N3O.C20H27N3O.C14H21NO2.C6H8N2/c1-19(2,3)13-11-14(20(4,5)6)18(24)17(12-13)23-21-15-9-7-8-10-16(15)22-23;1-19(2,3)13-11-14(20(4,5)6)18(24)17(12-13)23-22-16-10-8-7-9-15(16)21;1-13(2,3)9-7-10(14(4,5)6)12(16)11(8-9)15-17;7-5-3-1-2-4-6(5)8/h7-12,24H,1-6H3;7-12,24H,21H2,1-6H3;7-8,16H,1-6H3;1-4H,7-8H2. The van der Waals surface area contributed by atoms with E-state index in [-0.39, 0.29) is 55.4 Å². The average molecular weight is 992 g/mol. The molecule has 73 heavy (non-hydrogen) atoms. The molecule has 0 unspecified atom stereocenters. The van der Waals surface area contributed by atoms with Gasteiger partial charge in [-0.05, 0) is 109 Å². The van der Waals surface area contributed by atoms with E-state index in [4.69, 9.17) is 17.2 Å². The number of phenolic OH excluding ortho intramolecular Hbond substituents is 3. The third-order valence-electron chi connectivity index (χ3n) is 12.1. The highest BCUT2D eigenvalue weighted by Crippen LogP contribution is 2.44. The van der Waals surface area contributed by atoms with Crippen molar-refractivity contribution >= 4 is 45.2 Å². The van der Waals surface area contributed by atoms with Crippen molar-refractivity contribution in [2.24, 2.45) is 15.4 Å². The van der Waals surface area contributed by atoms with Crippen LogP contribution in [0.5, 0.6) is 17.2 Å². The van der Waals surface area contributed by atoms with Crippen LogP contribution in [0.2, 0.25) is 0 Å². The van der Waals surface area contributed by atoms with E-state index in [9.17, 15) is 20.2 Å². The van der Waals surface area contributed by atoms with Gasteiger partial charge in [0.2, 0.25) is 0 Å². The minimum Gasteiger partial charge on any atom is -0.505 e. The number of para-hydroxylation sites is 3. The quantitative estimate of drug-likeness (QED) is 0.0560. The van der Waals surface area contributed by atoms with Gasteiger partial charge >= 0.3 is 0 Å². The number of nitrogen functional groups attached to an aromatic ring is 3. The van der Waals surface area contributed by atoms with Crippen LogP contribution in [0, 0.1) is 4.91 Å². The van der Waals surface area contributed by atoms with E-state index in [0.717, 1.165) is 44.4 Å². The van der Waals surface area contributed by atoms with Crippen molar-refractivity contribution in [1.29, 1.82) is 0 Å². The fourth-order valence-corrected chi connectivity index (χ4v) is 7.33. The van der Waals surface area contributed by atoms with Crippen molar-refractivity contribution in [2.45, 2.75) is 157 Å². The van der Waals surface area contributed by atoms with Crippen LogP contribution >= 0.6 is 0 Å². The van der Waals surface area contributed by atoms with Gasteiger partial charge in [-0.15, -0.1) is 30.1 Å². The molecule has 0 atom stereocenters. The molecule has 7 aromatic rings. The van der Waals surface area contributed by atoms with Gasteiger partial charge < -0.3 is 32.5 Å². The summed E-state index contributed by atoms with van der Waals surface area (Å²) in [6, 6.07) is 33.9. The molecule has 0 aliphatic rings. The van der Waals surface area contributed by atoms with E-state index < -0.39 is 0 Å². The van der Waals surface area contributed by atoms with E-state index >= 15 is 0 Å². The highest BCUT2D eigenvalue weighted by Gasteiger charge is 2.28. The van der Waals surface area contributed by atoms with Gasteiger partial charge in [0.25, 0.3) is 0 Å². The number of aromatic nitrogens is 3. The Hall–Kier alpha value is -7.28. The molecule has 13 heteroatoms. The number of benzene rings is 6. The van der Waals surface area contributed by atoms with Crippen molar-refractivity contribution in [3.63, 3.8) is 0 Å². The maximum Gasteiger partial charge on any atom is 0.150 e. The predicted molar refractivity (Wildman–Crippen MR) is 305 cm³/mol. The summed E-state index contributed by atoms with van der Waals surface area (Å²) in [5.41, 5.74) is 27.1. The lowest BCUT2D eigenvalue weighted by Gasteiger charge is -2.27. The first-order valence-corrected chi connectivity index (χ1v) is 24.6. The highest BCUT2D eigenvalue weighted by atomic mass is 16.3. The minimum atomic E-state index is -0.217. The topological polar surface area (TPSA) is 224 Å². The summed E-state index contributed by atoms with van der Waals surface area (Å²) in [7, 11) is 0. The molecule has 1 aromatic heterocycles. The summed E-state index contributed by atoms with van der Waals surface area (Å²) in [5.74, 6) is 0.421. The zero-order valence-corrected chi connectivity index (χ0v) is 46.6. The van der Waals surface area contributed by atoms with Crippen LogP contribution in [0.15, 0.2) is 125 Å². The van der Waals surface area contributed by atoms with E-state index in [1.54, 1.807) is 35.1 Å². The molecule has 0 saturated heterocycles. The molecule has 0 aliphatic heterocycles. The van der Waals surface area contributed by atoms with Crippen LogP contribution in [0.25, 0.3) is 16.7 Å². The molecule has 0 fully saturated rings. The molecular formula is C60H81N9O4.